The van der Waals surface area contributed by atoms with Crippen molar-refractivity contribution in [2.75, 3.05) is 13.6 Å². The molecule has 2 aromatic rings. The lowest BCUT2D eigenvalue weighted by atomic mass is 10.0. The summed E-state index contributed by atoms with van der Waals surface area (Å²) in [7, 11) is 1.98. The van der Waals surface area contributed by atoms with E-state index in [1.165, 1.54) is 0 Å². The first-order valence-corrected chi connectivity index (χ1v) is 8.03. The summed E-state index contributed by atoms with van der Waals surface area (Å²) in [5, 5.41) is 1.45. The molecule has 0 atom stereocenters. The summed E-state index contributed by atoms with van der Waals surface area (Å²) in [6.45, 7) is 5.03. The SMILES string of the molecule is CCN(C)C=Nc1cc(C)cc(Cc2ccccc2Cl)c1Cl. The van der Waals surface area contributed by atoms with E-state index in [9.17, 15) is 0 Å². The summed E-state index contributed by atoms with van der Waals surface area (Å²) in [6, 6.07) is 11.9. The molecule has 2 nitrogen and oxygen atoms in total. The Balaban J connectivity index is 2.35. The van der Waals surface area contributed by atoms with Crippen LogP contribution in [0.3, 0.4) is 0 Å². The van der Waals surface area contributed by atoms with Crippen molar-refractivity contribution < 1.29 is 0 Å². The molecule has 0 bridgehead atoms. The Bertz CT molecular complexity index is 681. The van der Waals surface area contributed by atoms with Crippen molar-refractivity contribution in [2.45, 2.75) is 20.3 Å². The van der Waals surface area contributed by atoms with E-state index in [1.54, 1.807) is 6.34 Å². The van der Waals surface area contributed by atoms with E-state index in [-0.39, 0.29) is 0 Å². The molecular formula is C18H20Cl2N2. The Hall–Kier alpha value is -1.51. The van der Waals surface area contributed by atoms with Gasteiger partial charge in [-0.05, 0) is 42.7 Å². The van der Waals surface area contributed by atoms with Gasteiger partial charge in [0.1, 0.15) is 0 Å². The van der Waals surface area contributed by atoms with Gasteiger partial charge in [0.05, 0.1) is 17.0 Å². The molecule has 0 unspecified atom stereocenters. The topological polar surface area (TPSA) is 15.6 Å². The van der Waals surface area contributed by atoms with Gasteiger partial charge in [-0.15, -0.1) is 0 Å². The first kappa shape index (κ1) is 16.9. The molecule has 2 rings (SSSR count). The smallest absolute Gasteiger partial charge is 0.0910 e. The van der Waals surface area contributed by atoms with E-state index in [0.29, 0.717) is 11.4 Å². The fourth-order valence-electron chi connectivity index (χ4n) is 2.14. The van der Waals surface area contributed by atoms with Crippen LogP contribution in [0.15, 0.2) is 41.4 Å². The molecule has 0 aromatic heterocycles. The summed E-state index contributed by atoms with van der Waals surface area (Å²) in [5.74, 6) is 0. The van der Waals surface area contributed by atoms with Crippen LogP contribution in [0.25, 0.3) is 0 Å². The van der Waals surface area contributed by atoms with Gasteiger partial charge in [0, 0.05) is 25.0 Å². The number of nitrogens with zero attached hydrogens (tertiary/aromatic N) is 2. The fourth-order valence-corrected chi connectivity index (χ4v) is 2.56. The summed E-state index contributed by atoms with van der Waals surface area (Å²) >= 11 is 12.8. The van der Waals surface area contributed by atoms with E-state index in [0.717, 1.165) is 33.9 Å². The molecule has 0 spiro atoms. The maximum Gasteiger partial charge on any atom is 0.0910 e. The van der Waals surface area contributed by atoms with E-state index in [2.05, 4.69) is 24.9 Å². The zero-order valence-corrected chi connectivity index (χ0v) is 14.6. The standard InChI is InChI=1S/C18H20Cl2N2/c1-4-22(3)12-21-17-10-13(2)9-15(18(17)20)11-14-7-5-6-8-16(14)19/h5-10,12H,4,11H2,1-3H3. The Morgan fingerprint density at radius 1 is 1.14 bits per heavy atom. The summed E-state index contributed by atoms with van der Waals surface area (Å²) in [4.78, 5) is 6.50. The van der Waals surface area contributed by atoms with Gasteiger partial charge in [0.15, 0.2) is 0 Å². The van der Waals surface area contributed by atoms with Crippen LogP contribution in [0.2, 0.25) is 10.0 Å². The van der Waals surface area contributed by atoms with Crippen LogP contribution in [0.5, 0.6) is 0 Å². The Labute approximate surface area is 142 Å². The number of hydrogen-bond acceptors (Lipinski definition) is 1. The van der Waals surface area contributed by atoms with Crippen molar-refractivity contribution in [2.24, 2.45) is 4.99 Å². The lowest BCUT2D eigenvalue weighted by molar-refractivity contribution is 0.552. The molecule has 0 aliphatic heterocycles. The first-order chi connectivity index (χ1) is 10.5. The van der Waals surface area contributed by atoms with Crippen molar-refractivity contribution in [3.05, 3.63) is 63.1 Å². The average molecular weight is 335 g/mol. The maximum atomic E-state index is 6.53. The molecule has 0 saturated heterocycles. The molecule has 0 N–H and O–H groups in total. The highest BCUT2D eigenvalue weighted by Gasteiger charge is 2.09. The van der Waals surface area contributed by atoms with Crippen LogP contribution in [-0.4, -0.2) is 24.8 Å². The molecule has 0 aliphatic rings. The highest BCUT2D eigenvalue weighted by molar-refractivity contribution is 6.34. The van der Waals surface area contributed by atoms with Gasteiger partial charge >= 0.3 is 0 Å². The molecule has 2 aromatic carbocycles. The molecule has 0 fully saturated rings. The summed E-state index contributed by atoms with van der Waals surface area (Å²) in [5.41, 5.74) is 4.04. The molecule has 0 aliphatic carbocycles. The van der Waals surface area contributed by atoms with Gasteiger partial charge in [-0.25, -0.2) is 4.99 Å². The lowest BCUT2D eigenvalue weighted by Crippen LogP contribution is -2.14. The first-order valence-electron chi connectivity index (χ1n) is 7.28. The van der Waals surface area contributed by atoms with E-state index < -0.39 is 0 Å². The molecule has 22 heavy (non-hydrogen) atoms. The average Bonchev–Trinajstić information content (AvgIpc) is 2.50. The quantitative estimate of drug-likeness (QED) is 0.520. The number of benzene rings is 2. The molecule has 0 saturated carbocycles. The summed E-state index contributed by atoms with van der Waals surface area (Å²) in [6.07, 6.45) is 2.51. The third-order valence-corrected chi connectivity index (χ3v) is 4.31. The Morgan fingerprint density at radius 2 is 1.86 bits per heavy atom. The molecule has 116 valence electrons. The molecular weight excluding hydrogens is 315 g/mol. The van der Waals surface area contributed by atoms with Crippen molar-refractivity contribution in [3.63, 3.8) is 0 Å². The number of hydrogen-bond donors (Lipinski definition) is 0. The second-order valence-corrected chi connectivity index (χ2v) is 6.13. The zero-order valence-electron chi connectivity index (χ0n) is 13.1. The largest absolute Gasteiger partial charge is 0.366 e. The van der Waals surface area contributed by atoms with Crippen molar-refractivity contribution in [1.82, 2.24) is 4.90 Å². The van der Waals surface area contributed by atoms with Crippen LogP contribution in [0, 0.1) is 6.92 Å². The lowest BCUT2D eigenvalue weighted by Gasteiger charge is -2.12. The van der Waals surface area contributed by atoms with Gasteiger partial charge < -0.3 is 4.90 Å². The molecule has 0 radical (unpaired) electrons. The van der Waals surface area contributed by atoms with Crippen molar-refractivity contribution >= 4 is 35.2 Å². The minimum atomic E-state index is 0.686. The van der Waals surface area contributed by atoms with Gasteiger partial charge in [-0.2, -0.15) is 0 Å². The highest BCUT2D eigenvalue weighted by Crippen LogP contribution is 2.32. The van der Waals surface area contributed by atoms with Crippen LogP contribution in [0.4, 0.5) is 5.69 Å². The Kier molecular flexibility index (Phi) is 5.87. The molecule has 0 amide bonds. The van der Waals surface area contributed by atoms with Gasteiger partial charge in [-0.3, -0.25) is 0 Å². The van der Waals surface area contributed by atoms with Gasteiger partial charge in [0.2, 0.25) is 0 Å². The normalized spacial score (nSPS) is 11.1. The van der Waals surface area contributed by atoms with Crippen LogP contribution < -0.4 is 0 Å². The Morgan fingerprint density at radius 3 is 2.55 bits per heavy atom. The highest BCUT2D eigenvalue weighted by atomic mass is 35.5. The van der Waals surface area contributed by atoms with Crippen LogP contribution in [-0.2, 0) is 6.42 Å². The maximum absolute atomic E-state index is 6.53. The fraction of sp³-hybridized carbons (Fsp3) is 0.278. The third kappa shape index (κ3) is 4.25. The molecule has 0 heterocycles. The number of rotatable bonds is 5. The van der Waals surface area contributed by atoms with Crippen molar-refractivity contribution in [1.29, 1.82) is 0 Å². The predicted molar refractivity (Wildman–Crippen MR) is 96.9 cm³/mol. The van der Waals surface area contributed by atoms with Crippen LogP contribution >= 0.6 is 23.2 Å². The third-order valence-electron chi connectivity index (χ3n) is 3.50. The second-order valence-electron chi connectivity index (χ2n) is 5.34. The van der Waals surface area contributed by atoms with Gasteiger partial charge in [-0.1, -0.05) is 47.5 Å². The number of aryl methyl sites for hydroxylation is 1. The zero-order chi connectivity index (χ0) is 16.1. The van der Waals surface area contributed by atoms with Crippen molar-refractivity contribution in [3.8, 4) is 0 Å². The summed E-state index contributed by atoms with van der Waals surface area (Å²) < 4.78 is 0. The van der Waals surface area contributed by atoms with E-state index in [4.69, 9.17) is 23.2 Å². The van der Waals surface area contributed by atoms with E-state index >= 15 is 0 Å². The second kappa shape index (κ2) is 7.66. The van der Waals surface area contributed by atoms with E-state index in [1.807, 2.05) is 42.3 Å². The number of aliphatic imine (C=N–C) groups is 1. The van der Waals surface area contributed by atoms with Gasteiger partial charge in [0.25, 0.3) is 0 Å². The minimum Gasteiger partial charge on any atom is -0.366 e. The monoisotopic (exact) mass is 334 g/mol. The van der Waals surface area contributed by atoms with Crippen LogP contribution in [0.1, 0.15) is 23.6 Å². The minimum absolute atomic E-state index is 0.686. The number of halogens is 2. The predicted octanol–water partition coefficient (Wildman–Crippen LogP) is 5.50. The molecule has 4 heteroatoms.